The third-order valence-corrected chi connectivity index (χ3v) is 6.73. The first-order chi connectivity index (χ1) is 14.3. The highest BCUT2D eigenvalue weighted by Crippen LogP contribution is 2.43. The molecule has 2 aliphatic rings. The lowest BCUT2D eigenvalue weighted by Crippen LogP contribution is -2.42. The van der Waals surface area contributed by atoms with E-state index in [0.29, 0.717) is 17.1 Å². The molecule has 1 fully saturated rings. The smallest absolute Gasteiger partial charge is 0.263 e. The molecule has 1 aromatic carbocycles. The highest BCUT2D eigenvalue weighted by atomic mass is 32.1. The van der Waals surface area contributed by atoms with Crippen LogP contribution < -0.4 is 14.8 Å². The second-order valence-electron chi connectivity index (χ2n) is 7.48. The van der Waals surface area contributed by atoms with E-state index in [1.807, 2.05) is 17.5 Å². The van der Waals surface area contributed by atoms with Gasteiger partial charge in [0.1, 0.15) is 11.2 Å². The zero-order valence-electron chi connectivity index (χ0n) is 15.8. The van der Waals surface area contributed by atoms with Crippen molar-refractivity contribution in [2.45, 2.75) is 37.5 Å². The van der Waals surface area contributed by atoms with E-state index in [2.05, 4.69) is 33.0 Å². The number of nitrogens with one attached hydrogen (secondary N) is 1. The molecule has 3 aromatic rings. The Morgan fingerprint density at radius 2 is 2.03 bits per heavy atom. The Bertz CT molecular complexity index is 1010. The zero-order valence-corrected chi connectivity index (χ0v) is 16.7. The van der Waals surface area contributed by atoms with Gasteiger partial charge in [-0.2, -0.15) is 4.68 Å². The third-order valence-electron chi connectivity index (χ3n) is 5.83. The average molecular weight is 411 g/mol. The first-order valence-electron chi connectivity index (χ1n) is 9.74. The van der Waals surface area contributed by atoms with Gasteiger partial charge in [-0.1, -0.05) is 25.3 Å². The highest BCUT2D eigenvalue weighted by molar-refractivity contribution is 7.12. The average Bonchev–Trinajstić information content (AvgIpc) is 3.52. The Kier molecular flexibility index (Phi) is 4.67. The summed E-state index contributed by atoms with van der Waals surface area (Å²) in [7, 11) is 0. The molecule has 5 rings (SSSR count). The second kappa shape index (κ2) is 7.47. The molecule has 8 nitrogen and oxygen atoms in total. The molecule has 0 spiro atoms. The molecule has 0 atom stereocenters. The van der Waals surface area contributed by atoms with Crippen molar-refractivity contribution in [1.82, 2.24) is 25.5 Å². The number of carbonyl (C=O) groups is 1. The van der Waals surface area contributed by atoms with Crippen molar-refractivity contribution in [2.75, 3.05) is 13.3 Å². The molecular weight excluding hydrogens is 390 g/mol. The van der Waals surface area contributed by atoms with Crippen LogP contribution >= 0.6 is 11.3 Å². The molecule has 3 heterocycles. The summed E-state index contributed by atoms with van der Waals surface area (Å²) in [5.74, 6) is 1.47. The summed E-state index contributed by atoms with van der Waals surface area (Å²) in [6, 6.07) is 8.02. The molecule has 1 saturated carbocycles. The van der Waals surface area contributed by atoms with Gasteiger partial charge < -0.3 is 14.8 Å². The maximum Gasteiger partial charge on any atom is 0.263 e. The van der Waals surface area contributed by atoms with Gasteiger partial charge in [0, 0.05) is 12.0 Å². The Morgan fingerprint density at radius 1 is 1.17 bits per heavy atom. The van der Waals surface area contributed by atoms with Crippen LogP contribution in [0.5, 0.6) is 11.5 Å². The van der Waals surface area contributed by atoms with Crippen LogP contribution in [0.4, 0.5) is 0 Å². The second-order valence-corrected chi connectivity index (χ2v) is 8.40. The number of hydrogen-bond donors (Lipinski definition) is 1. The quantitative estimate of drug-likeness (QED) is 0.694. The van der Waals surface area contributed by atoms with Crippen LogP contribution in [0.1, 0.15) is 47.3 Å². The van der Waals surface area contributed by atoms with Gasteiger partial charge >= 0.3 is 0 Å². The van der Waals surface area contributed by atoms with Crippen molar-refractivity contribution in [2.24, 2.45) is 0 Å². The summed E-state index contributed by atoms with van der Waals surface area (Å²) in [5.41, 5.74) is 1.80. The fraction of sp³-hybridized carbons (Fsp3) is 0.400. The number of thiophene rings is 1. The van der Waals surface area contributed by atoms with E-state index in [9.17, 15) is 4.79 Å². The number of fused-ring (bicyclic) bond motifs is 1. The normalized spacial score (nSPS) is 17.2. The van der Waals surface area contributed by atoms with Crippen molar-refractivity contribution < 1.29 is 14.3 Å². The van der Waals surface area contributed by atoms with Crippen LogP contribution in [0.3, 0.4) is 0 Å². The SMILES string of the molecule is O=C(NCC1(c2ccc3c(c2)OCO3)CCCCC1)c1sccc1-n1cnnn1. The maximum absolute atomic E-state index is 13.0. The molecule has 0 bridgehead atoms. The Balaban J connectivity index is 1.38. The van der Waals surface area contributed by atoms with Crippen LogP contribution in [0.2, 0.25) is 0 Å². The number of aromatic nitrogens is 4. The molecule has 1 amide bonds. The monoisotopic (exact) mass is 411 g/mol. The van der Waals surface area contributed by atoms with Gasteiger partial charge in [-0.3, -0.25) is 4.79 Å². The summed E-state index contributed by atoms with van der Waals surface area (Å²) in [5, 5.41) is 16.3. The number of hydrogen-bond acceptors (Lipinski definition) is 7. The van der Waals surface area contributed by atoms with E-state index in [1.54, 1.807) is 0 Å². The molecule has 0 radical (unpaired) electrons. The van der Waals surface area contributed by atoms with Crippen molar-refractivity contribution in [3.05, 3.63) is 46.4 Å². The van der Waals surface area contributed by atoms with Crippen LogP contribution in [0.25, 0.3) is 5.69 Å². The fourth-order valence-electron chi connectivity index (χ4n) is 4.28. The van der Waals surface area contributed by atoms with E-state index in [4.69, 9.17) is 9.47 Å². The lowest BCUT2D eigenvalue weighted by atomic mass is 9.69. The van der Waals surface area contributed by atoms with Crippen molar-refractivity contribution in [3.63, 3.8) is 0 Å². The Labute approximate surface area is 171 Å². The predicted molar refractivity (Wildman–Crippen MR) is 107 cm³/mol. The number of ether oxygens (including phenoxy) is 2. The number of nitrogens with zero attached hydrogens (tertiary/aromatic N) is 4. The lowest BCUT2D eigenvalue weighted by Gasteiger charge is -2.38. The minimum absolute atomic E-state index is 0.0961. The molecule has 0 unspecified atom stereocenters. The van der Waals surface area contributed by atoms with Gasteiger partial charge in [-0.25, -0.2) is 0 Å². The molecular formula is C20H21N5O3S. The van der Waals surface area contributed by atoms with E-state index in [-0.39, 0.29) is 18.1 Å². The zero-order chi connectivity index (χ0) is 19.7. The van der Waals surface area contributed by atoms with Crippen LogP contribution in [-0.2, 0) is 5.41 Å². The first-order valence-corrected chi connectivity index (χ1v) is 10.6. The lowest BCUT2D eigenvalue weighted by molar-refractivity contribution is 0.0940. The molecule has 0 saturated heterocycles. The number of carbonyl (C=O) groups excluding carboxylic acids is 1. The van der Waals surface area contributed by atoms with Gasteiger partial charge in [0.2, 0.25) is 6.79 Å². The number of amides is 1. The first kappa shape index (κ1) is 18.1. The molecule has 1 aliphatic carbocycles. The van der Waals surface area contributed by atoms with Crippen LogP contribution in [-0.4, -0.2) is 39.5 Å². The fourth-order valence-corrected chi connectivity index (χ4v) is 5.07. The molecule has 1 aliphatic heterocycles. The van der Waals surface area contributed by atoms with Gasteiger partial charge in [0.25, 0.3) is 5.91 Å². The molecule has 1 N–H and O–H groups in total. The summed E-state index contributed by atoms with van der Waals surface area (Å²) < 4.78 is 12.6. The molecule has 2 aromatic heterocycles. The summed E-state index contributed by atoms with van der Waals surface area (Å²) in [4.78, 5) is 13.6. The van der Waals surface area contributed by atoms with E-state index in [1.165, 1.54) is 34.3 Å². The Hall–Kier alpha value is -2.94. The number of rotatable bonds is 5. The maximum atomic E-state index is 13.0. The molecule has 29 heavy (non-hydrogen) atoms. The van der Waals surface area contributed by atoms with E-state index in [0.717, 1.165) is 37.2 Å². The minimum Gasteiger partial charge on any atom is -0.454 e. The van der Waals surface area contributed by atoms with Gasteiger partial charge in [0.05, 0.1) is 5.69 Å². The molecule has 9 heteroatoms. The highest BCUT2D eigenvalue weighted by Gasteiger charge is 2.35. The number of benzene rings is 1. The molecule has 150 valence electrons. The topological polar surface area (TPSA) is 91.2 Å². The largest absolute Gasteiger partial charge is 0.454 e. The van der Waals surface area contributed by atoms with Gasteiger partial charge in [-0.05, 0) is 52.4 Å². The number of tetrazole rings is 1. The summed E-state index contributed by atoms with van der Waals surface area (Å²) in [6.07, 6.45) is 7.11. The Morgan fingerprint density at radius 3 is 2.86 bits per heavy atom. The van der Waals surface area contributed by atoms with Gasteiger partial charge in [0.15, 0.2) is 11.5 Å². The van der Waals surface area contributed by atoms with E-state index >= 15 is 0 Å². The summed E-state index contributed by atoms with van der Waals surface area (Å²) in [6.45, 7) is 0.846. The third kappa shape index (κ3) is 3.35. The summed E-state index contributed by atoms with van der Waals surface area (Å²) >= 11 is 1.39. The van der Waals surface area contributed by atoms with Crippen LogP contribution in [0.15, 0.2) is 36.0 Å². The van der Waals surface area contributed by atoms with Crippen molar-refractivity contribution in [3.8, 4) is 17.2 Å². The van der Waals surface area contributed by atoms with Crippen molar-refractivity contribution >= 4 is 17.2 Å². The van der Waals surface area contributed by atoms with Crippen LogP contribution in [0, 0.1) is 0 Å². The van der Waals surface area contributed by atoms with E-state index < -0.39 is 0 Å². The van der Waals surface area contributed by atoms with Gasteiger partial charge in [-0.15, -0.1) is 16.4 Å². The van der Waals surface area contributed by atoms with Crippen molar-refractivity contribution in [1.29, 1.82) is 0 Å². The standard InChI is InChI=1S/C20H21N5O3S/c26-19(18-15(6-9-29-18)25-12-22-23-24-25)21-11-20(7-2-1-3-8-20)14-4-5-16-17(10-14)28-13-27-16/h4-6,9-10,12H,1-3,7-8,11,13H2,(H,21,26). The predicted octanol–water partition coefficient (Wildman–Crippen LogP) is 3.08. The minimum atomic E-state index is -0.101.